The van der Waals surface area contributed by atoms with Crippen LogP contribution in [-0.4, -0.2) is 16.6 Å². The Morgan fingerprint density at radius 3 is 2.87 bits per heavy atom. The Balaban J connectivity index is 2.30. The van der Waals surface area contributed by atoms with E-state index in [0.717, 1.165) is 31.0 Å². The van der Waals surface area contributed by atoms with E-state index in [1.54, 1.807) is 0 Å². The van der Waals surface area contributed by atoms with Crippen LogP contribution in [0.5, 0.6) is 0 Å². The Labute approximate surface area is 94.8 Å². The van der Waals surface area contributed by atoms with Crippen LogP contribution in [0.2, 0.25) is 5.15 Å². The minimum absolute atomic E-state index is 0.0428. The lowest BCUT2D eigenvalue weighted by Gasteiger charge is -2.11. The van der Waals surface area contributed by atoms with Crippen LogP contribution in [0.25, 0.3) is 0 Å². The maximum atomic E-state index is 5.97. The molecule has 1 aliphatic heterocycles. The average Bonchev–Trinajstić information content (AvgIpc) is 2.69. The van der Waals surface area contributed by atoms with Crippen molar-refractivity contribution in [2.45, 2.75) is 38.7 Å². The number of halogens is 1. The van der Waals surface area contributed by atoms with Crippen molar-refractivity contribution in [3.8, 4) is 0 Å². The Bertz CT molecular complexity index is 348. The molecule has 2 rings (SSSR count). The summed E-state index contributed by atoms with van der Waals surface area (Å²) in [5, 5.41) is 0.513. The molecule has 1 aromatic heterocycles. The number of aromatic nitrogens is 2. The topological polar surface area (TPSA) is 35.0 Å². The highest BCUT2D eigenvalue weighted by Crippen LogP contribution is 2.27. The molecule has 15 heavy (non-hydrogen) atoms. The van der Waals surface area contributed by atoms with Gasteiger partial charge in [-0.15, -0.1) is 0 Å². The lowest BCUT2D eigenvalue weighted by molar-refractivity contribution is 0.105. The van der Waals surface area contributed by atoms with Crippen LogP contribution in [0.3, 0.4) is 0 Å². The quantitative estimate of drug-likeness (QED) is 0.727. The van der Waals surface area contributed by atoms with Gasteiger partial charge in [0.25, 0.3) is 0 Å². The van der Waals surface area contributed by atoms with Crippen LogP contribution in [0, 0.1) is 0 Å². The van der Waals surface area contributed by atoms with E-state index in [0.29, 0.717) is 11.1 Å². The smallest absolute Gasteiger partial charge is 0.159 e. The lowest BCUT2D eigenvalue weighted by Crippen LogP contribution is -2.06. The van der Waals surface area contributed by atoms with Crippen LogP contribution in [0.15, 0.2) is 6.07 Å². The van der Waals surface area contributed by atoms with E-state index in [4.69, 9.17) is 16.3 Å². The van der Waals surface area contributed by atoms with Crippen molar-refractivity contribution in [3.63, 3.8) is 0 Å². The van der Waals surface area contributed by atoms with Crippen molar-refractivity contribution in [2.24, 2.45) is 0 Å². The molecule has 1 saturated heterocycles. The van der Waals surface area contributed by atoms with Crippen LogP contribution in [0.1, 0.15) is 50.2 Å². The van der Waals surface area contributed by atoms with E-state index in [1.165, 1.54) is 0 Å². The first kappa shape index (κ1) is 10.8. The van der Waals surface area contributed by atoms with Crippen molar-refractivity contribution in [1.29, 1.82) is 0 Å². The van der Waals surface area contributed by atoms with E-state index in [-0.39, 0.29) is 6.10 Å². The molecule has 1 atom stereocenters. The first-order valence-corrected chi connectivity index (χ1v) is 5.70. The lowest BCUT2D eigenvalue weighted by atomic mass is 10.1. The van der Waals surface area contributed by atoms with Gasteiger partial charge in [-0.1, -0.05) is 25.4 Å². The minimum Gasteiger partial charge on any atom is -0.370 e. The molecule has 1 aliphatic rings. The molecule has 1 fully saturated rings. The Kier molecular flexibility index (Phi) is 3.22. The summed E-state index contributed by atoms with van der Waals surface area (Å²) >= 11 is 5.97. The molecule has 0 amide bonds. The Morgan fingerprint density at radius 1 is 1.47 bits per heavy atom. The molecule has 0 N–H and O–H groups in total. The molecule has 3 nitrogen and oxygen atoms in total. The third kappa shape index (κ3) is 2.47. The molecule has 2 heterocycles. The second kappa shape index (κ2) is 4.45. The molecule has 1 unspecified atom stereocenters. The zero-order valence-corrected chi connectivity index (χ0v) is 9.79. The predicted molar refractivity (Wildman–Crippen MR) is 59.1 cm³/mol. The zero-order valence-electron chi connectivity index (χ0n) is 9.03. The van der Waals surface area contributed by atoms with Crippen LogP contribution < -0.4 is 0 Å². The Hall–Kier alpha value is -0.670. The summed E-state index contributed by atoms with van der Waals surface area (Å²) in [6.07, 6.45) is 2.12. The largest absolute Gasteiger partial charge is 0.370 e. The van der Waals surface area contributed by atoms with Gasteiger partial charge in [-0.05, 0) is 24.8 Å². The van der Waals surface area contributed by atoms with Gasteiger partial charge in [0.05, 0.1) is 0 Å². The van der Waals surface area contributed by atoms with Crippen molar-refractivity contribution in [3.05, 3.63) is 22.7 Å². The minimum atomic E-state index is 0.0428. The molecular weight excluding hydrogens is 212 g/mol. The highest BCUT2D eigenvalue weighted by molar-refractivity contribution is 6.29. The molecule has 1 aromatic rings. The molecule has 82 valence electrons. The molecule has 0 saturated carbocycles. The van der Waals surface area contributed by atoms with Crippen LogP contribution >= 0.6 is 11.6 Å². The molecule has 0 aromatic carbocycles. The van der Waals surface area contributed by atoms with Crippen LogP contribution in [-0.2, 0) is 4.74 Å². The summed E-state index contributed by atoms with van der Waals surface area (Å²) in [7, 11) is 0. The number of nitrogens with zero attached hydrogens (tertiary/aromatic N) is 2. The highest BCUT2D eigenvalue weighted by Gasteiger charge is 2.21. The molecule has 0 spiro atoms. The first-order valence-electron chi connectivity index (χ1n) is 5.33. The summed E-state index contributed by atoms with van der Waals surface area (Å²) in [4.78, 5) is 8.72. The SMILES string of the molecule is CC(C)c1cc(Cl)nc(C2CCCO2)n1. The van der Waals surface area contributed by atoms with Gasteiger partial charge in [0.2, 0.25) is 0 Å². The maximum Gasteiger partial charge on any atom is 0.159 e. The van der Waals surface area contributed by atoms with E-state index in [2.05, 4.69) is 23.8 Å². The van der Waals surface area contributed by atoms with E-state index in [9.17, 15) is 0 Å². The van der Waals surface area contributed by atoms with Gasteiger partial charge in [0.15, 0.2) is 5.82 Å². The maximum absolute atomic E-state index is 5.97. The van der Waals surface area contributed by atoms with Crippen molar-refractivity contribution in [2.75, 3.05) is 6.61 Å². The number of rotatable bonds is 2. The van der Waals surface area contributed by atoms with Gasteiger partial charge < -0.3 is 4.74 Å². The monoisotopic (exact) mass is 226 g/mol. The number of hydrogen-bond acceptors (Lipinski definition) is 3. The normalized spacial score (nSPS) is 21.2. The third-order valence-corrected chi connectivity index (χ3v) is 2.73. The number of ether oxygens (including phenoxy) is 1. The van der Waals surface area contributed by atoms with E-state index in [1.807, 2.05) is 6.07 Å². The molecule has 0 radical (unpaired) electrons. The fourth-order valence-electron chi connectivity index (χ4n) is 1.67. The summed E-state index contributed by atoms with van der Waals surface area (Å²) < 4.78 is 5.55. The molecular formula is C11H15ClN2O. The Morgan fingerprint density at radius 2 is 2.27 bits per heavy atom. The summed E-state index contributed by atoms with van der Waals surface area (Å²) in [6, 6.07) is 1.82. The number of hydrogen-bond donors (Lipinski definition) is 0. The highest BCUT2D eigenvalue weighted by atomic mass is 35.5. The van der Waals surface area contributed by atoms with Gasteiger partial charge in [-0.2, -0.15) is 0 Å². The summed E-state index contributed by atoms with van der Waals surface area (Å²) in [5.74, 6) is 1.11. The molecule has 4 heteroatoms. The summed E-state index contributed by atoms with van der Waals surface area (Å²) in [5.41, 5.74) is 0.987. The molecule has 0 bridgehead atoms. The fraction of sp³-hybridized carbons (Fsp3) is 0.636. The second-order valence-electron chi connectivity index (χ2n) is 4.13. The van der Waals surface area contributed by atoms with Crippen molar-refractivity contribution in [1.82, 2.24) is 9.97 Å². The molecule has 0 aliphatic carbocycles. The van der Waals surface area contributed by atoms with Gasteiger partial charge in [-0.3, -0.25) is 0 Å². The van der Waals surface area contributed by atoms with Gasteiger partial charge in [0.1, 0.15) is 11.3 Å². The third-order valence-electron chi connectivity index (χ3n) is 2.54. The first-order chi connectivity index (χ1) is 7.16. The van der Waals surface area contributed by atoms with Gasteiger partial charge >= 0.3 is 0 Å². The van der Waals surface area contributed by atoms with Crippen LogP contribution in [0.4, 0.5) is 0 Å². The fourth-order valence-corrected chi connectivity index (χ4v) is 1.87. The predicted octanol–water partition coefficient (Wildman–Crippen LogP) is 3.10. The second-order valence-corrected chi connectivity index (χ2v) is 4.52. The van der Waals surface area contributed by atoms with Gasteiger partial charge in [-0.25, -0.2) is 9.97 Å². The average molecular weight is 227 g/mol. The summed E-state index contributed by atoms with van der Waals surface area (Å²) in [6.45, 7) is 4.99. The van der Waals surface area contributed by atoms with Gasteiger partial charge in [0, 0.05) is 12.3 Å². The van der Waals surface area contributed by atoms with Crippen molar-refractivity contribution < 1.29 is 4.74 Å². The standard InChI is InChI=1S/C11H15ClN2O/c1-7(2)8-6-10(12)14-11(13-8)9-4-3-5-15-9/h6-7,9H,3-5H2,1-2H3. The van der Waals surface area contributed by atoms with E-state index < -0.39 is 0 Å². The van der Waals surface area contributed by atoms with Crippen molar-refractivity contribution >= 4 is 11.6 Å². The zero-order chi connectivity index (χ0) is 10.8. The van der Waals surface area contributed by atoms with E-state index >= 15 is 0 Å².